The Morgan fingerprint density at radius 3 is 2.50 bits per heavy atom. The highest BCUT2D eigenvalue weighted by molar-refractivity contribution is 6.74. The average molecular weight is 439 g/mol. The maximum absolute atomic E-state index is 11.3. The fourth-order valence-corrected chi connectivity index (χ4v) is 3.98. The lowest BCUT2D eigenvalue weighted by Crippen LogP contribution is -2.54. The van der Waals surface area contributed by atoms with Crippen LogP contribution in [0, 0.1) is 0 Å². The number of methoxy groups -OCH3 is 1. The van der Waals surface area contributed by atoms with E-state index in [4.69, 9.17) is 14.0 Å². The van der Waals surface area contributed by atoms with Crippen LogP contribution < -0.4 is 10.1 Å². The van der Waals surface area contributed by atoms with Crippen LogP contribution in [0.15, 0.2) is 29.4 Å². The summed E-state index contributed by atoms with van der Waals surface area (Å²) in [6, 6.07) is 6.33. The highest BCUT2D eigenvalue weighted by atomic mass is 28.4. The van der Waals surface area contributed by atoms with Gasteiger partial charge in [0.2, 0.25) is 0 Å². The van der Waals surface area contributed by atoms with Gasteiger partial charge in [0.15, 0.2) is 8.32 Å². The number of carboxylic acid groups (broad SMARTS) is 1. The van der Waals surface area contributed by atoms with Gasteiger partial charge in [0.05, 0.1) is 19.2 Å². The van der Waals surface area contributed by atoms with Crippen molar-refractivity contribution >= 4 is 20.1 Å². The van der Waals surface area contributed by atoms with E-state index in [2.05, 4.69) is 44.3 Å². The normalized spacial score (nSPS) is 20.3. The number of oxime groups is 1. The zero-order valence-electron chi connectivity index (χ0n) is 18.7. The van der Waals surface area contributed by atoms with Gasteiger partial charge in [-0.1, -0.05) is 38.1 Å². The Labute approximate surface area is 179 Å². The summed E-state index contributed by atoms with van der Waals surface area (Å²) in [6.45, 7) is 11.4. The molecule has 0 spiro atoms. The Kier molecular flexibility index (Phi) is 7.54. The van der Waals surface area contributed by atoms with Crippen molar-refractivity contribution in [1.29, 1.82) is 0 Å². The highest BCUT2D eigenvalue weighted by Gasteiger charge is 2.46. The molecule has 8 nitrogen and oxygen atoms in total. The third kappa shape index (κ3) is 6.20. The molecule has 0 aromatic heterocycles. The number of benzene rings is 1. The molecule has 0 radical (unpaired) electrons. The highest BCUT2D eigenvalue weighted by Crippen LogP contribution is 2.37. The number of rotatable bonds is 9. The van der Waals surface area contributed by atoms with Crippen molar-refractivity contribution in [1.82, 2.24) is 5.32 Å². The van der Waals surface area contributed by atoms with Crippen molar-refractivity contribution in [2.75, 3.05) is 13.7 Å². The summed E-state index contributed by atoms with van der Waals surface area (Å²) >= 11 is 0. The van der Waals surface area contributed by atoms with Gasteiger partial charge in [0.25, 0.3) is 5.79 Å². The lowest BCUT2D eigenvalue weighted by atomic mass is 9.94. The third-order valence-electron chi connectivity index (χ3n) is 5.89. The number of nitrogens with zero attached hydrogens (tertiary/aromatic N) is 1. The molecule has 168 valence electrons. The number of hydrogen-bond donors (Lipinski definition) is 3. The van der Waals surface area contributed by atoms with Crippen LogP contribution in [-0.4, -0.2) is 55.9 Å². The summed E-state index contributed by atoms with van der Waals surface area (Å²) in [5.41, 5.74) is 1.49. The first-order chi connectivity index (χ1) is 13.9. The predicted octanol–water partition coefficient (Wildman–Crippen LogP) is 3.75. The van der Waals surface area contributed by atoms with Gasteiger partial charge in [-0.25, -0.2) is 4.79 Å². The van der Waals surface area contributed by atoms with E-state index in [0.717, 1.165) is 5.56 Å². The third-order valence-corrected chi connectivity index (χ3v) is 10.4. The second-order valence-electron chi connectivity index (χ2n) is 9.18. The molecule has 0 bridgehead atoms. The molecule has 9 heteroatoms. The SMILES string of the molecule is COc1ccc(CC(NC(=O)O)C2(O)CC(CCO[Si](C)(C)C(C)(C)C)=NO2)cc1. The molecule has 1 amide bonds. The summed E-state index contributed by atoms with van der Waals surface area (Å²) in [7, 11) is -0.298. The zero-order chi connectivity index (χ0) is 22.6. The number of hydrogen-bond acceptors (Lipinski definition) is 6. The summed E-state index contributed by atoms with van der Waals surface area (Å²) < 4.78 is 11.3. The molecule has 1 aromatic carbocycles. The first kappa shape index (κ1) is 24.2. The van der Waals surface area contributed by atoms with E-state index >= 15 is 0 Å². The van der Waals surface area contributed by atoms with Crippen LogP contribution in [0.5, 0.6) is 5.75 Å². The minimum atomic E-state index is -1.87. The molecule has 0 fully saturated rings. The molecule has 2 rings (SSSR count). The number of aliphatic hydroxyl groups is 1. The average Bonchev–Trinajstić information content (AvgIpc) is 3.03. The van der Waals surface area contributed by atoms with Gasteiger partial charge in [-0.3, -0.25) is 0 Å². The first-order valence-corrected chi connectivity index (χ1v) is 13.0. The molecule has 30 heavy (non-hydrogen) atoms. The van der Waals surface area contributed by atoms with E-state index in [9.17, 15) is 15.0 Å². The van der Waals surface area contributed by atoms with Gasteiger partial charge in [-0.2, -0.15) is 0 Å². The lowest BCUT2D eigenvalue weighted by molar-refractivity contribution is -0.203. The van der Waals surface area contributed by atoms with Crippen molar-refractivity contribution in [2.45, 2.75) is 70.0 Å². The summed E-state index contributed by atoms with van der Waals surface area (Å²) in [4.78, 5) is 16.6. The molecule has 0 aliphatic carbocycles. The smallest absolute Gasteiger partial charge is 0.405 e. The Bertz CT molecular complexity index is 760. The minimum absolute atomic E-state index is 0.108. The second-order valence-corrected chi connectivity index (χ2v) is 14.0. The fourth-order valence-electron chi connectivity index (χ4n) is 2.93. The molecule has 1 aliphatic heterocycles. The number of nitrogens with one attached hydrogen (secondary N) is 1. The quantitative estimate of drug-likeness (QED) is 0.507. The molecular formula is C21H34N2O6Si. The van der Waals surface area contributed by atoms with Crippen LogP contribution >= 0.6 is 0 Å². The van der Waals surface area contributed by atoms with Gasteiger partial charge >= 0.3 is 6.09 Å². The monoisotopic (exact) mass is 438 g/mol. The van der Waals surface area contributed by atoms with Crippen molar-refractivity contribution in [3.63, 3.8) is 0 Å². The molecule has 0 saturated heterocycles. The molecule has 1 aliphatic rings. The van der Waals surface area contributed by atoms with Crippen LogP contribution in [0.4, 0.5) is 4.79 Å². The van der Waals surface area contributed by atoms with E-state index < -0.39 is 26.2 Å². The van der Waals surface area contributed by atoms with Crippen molar-refractivity contribution in [2.24, 2.45) is 5.16 Å². The standard InChI is InChI=1S/C21H34N2O6Si/c1-20(2,3)30(5,6)28-12-11-16-14-21(26,29-23-16)18(22-19(24)25)13-15-7-9-17(27-4)10-8-15/h7-10,18,22,26H,11-14H2,1-6H3,(H,24,25). The van der Waals surface area contributed by atoms with Crippen molar-refractivity contribution < 1.29 is 29.0 Å². The number of amides is 1. The van der Waals surface area contributed by atoms with E-state index in [1.165, 1.54) is 0 Å². The van der Waals surface area contributed by atoms with Gasteiger partial charge in [0.1, 0.15) is 11.8 Å². The topological polar surface area (TPSA) is 110 Å². The van der Waals surface area contributed by atoms with Gasteiger partial charge < -0.3 is 29.5 Å². The Morgan fingerprint density at radius 1 is 1.33 bits per heavy atom. The van der Waals surface area contributed by atoms with Crippen LogP contribution in [0.2, 0.25) is 18.1 Å². The number of ether oxygens (including phenoxy) is 1. The Hall–Kier alpha value is -2.10. The van der Waals surface area contributed by atoms with Crippen LogP contribution in [0.1, 0.15) is 39.2 Å². The van der Waals surface area contributed by atoms with Crippen LogP contribution in [0.25, 0.3) is 0 Å². The summed E-state index contributed by atoms with van der Waals surface area (Å²) in [5.74, 6) is -1.05. The van der Waals surface area contributed by atoms with E-state index in [1.54, 1.807) is 19.2 Å². The van der Waals surface area contributed by atoms with Crippen molar-refractivity contribution in [3.8, 4) is 5.75 Å². The van der Waals surface area contributed by atoms with Gasteiger partial charge in [0, 0.05) is 13.0 Å². The first-order valence-electron chi connectivity index (χ1n) is 10.1. The maximum Gasteiger partial charge on any atom is 0.405 e. The minimum Gasteiger partial charge on any atom is -0.497 e. The predicted molar refractivity (Wildman–Crippen MR) is 117 cm³/mol. The van der Waals surface area contributed by atoms with Gasteiger partial charge in [-0.05, 0) is 42.2 Å². The van der Waals surface area contributed by atoms with Crippen molar-refractivity contribution in [3.05, 3.63) is 29.8 Å². The van der Waals surface area contributed by atoms with Crippen LogP contribution in [-0.2, 0) is 15.7 Å². The lowest BCUT2D eigenvalue weighted by Gasteiger charge is -2.36. The molecule has 2 atom stereocenters. The molecule has 3 N–H and O–H groups in total. The molecule has 1 aromatic rings. The zero-order valence-corrected chi connectivity index (χ0v) is 19.7. The summed E-state index contributed by atoms with van der Waals surface area (Å²) in [5, 5.41) is 26.7. The van der Waals surface area contributed by atoms with Crippen LogP contribution in [0.3, 0.4) is 0 Å². The second kappa shape index (κ2) is 9.36. The fraction of sp³-hybridized carbons (Fsp3) is 0.619. The molecule has 2 unspecified atom stereocenters. The van der Waals surface area contributed by atoms with E-state index in [-0.39, 0.29) is 17.9 Å². The molecular weight excluding hydrogens is 404 g/mol. The molecule has 1 heterocycles. The largest absolute Gasteiger partial charge is 0.497 e. The molecule has 0 saturated carbocycles. The van der Waals surface area contributed by atoms with E-state index in [1.807, 2.05) is 12.1 Å². The Morgan fingerprint density at radius 2 is 1.97 bits per heavy atom. The number of carbonyl (C=O) groups is 1. The van der Waals surface area contributed by atoms with E-state index in [0.29, 0.717) is 24.5 Å². The van der Waals surface area contributed by atoms with Gasteiger partial charge in [-0.15, -0.1) is 0 Å². The summed E-state index contributed by atoms with van der Waals surface area (Å²) in [6.07, 6.45) is -0.345. The Balaban J connectivity index is 2.00. The maximum atomic E-state index is 11.3.